The van der Waals surface area contributed by atoms with Gasteiger partial charge in [0.1, 0.15) is 0 Å². The average Bonchev–Trinajstić information content (AvgIpc) is 3.10. The van der Waals surface area contributed by atoms with Gasteiger partial charge in [-0.25, -0.2) is 0 Å². The van der Waals surface area contributed by atoms with Crippen LogP contribution in [0.4, 0.5) is 17.1 Å². The van der Waals surface area contributed by atoms with E-state index in [4.69, 9.17) is 0 Å². The van der Waals surface area contributed by atoms with Crippen molar-refractivity contribution in [2.75, 3.05) is 4.90 Å². The lowest BCUT2D eigenvalue weighted by Crippen LogP contribution is -2.55. The minimum Gasteiger partial charge on any atom is -0.311 e. The topological polar surface area (TPSA) is 27.0 Å². The van der Waals surface area contributed by atoms with Crippen molar-refractivity contribution in [2.24, 2.45) is 0 Å². The van der Waals surface area contributed by atoms with Crippen LogP contribution in [0.5, 0.6) is 0 Å². The highest BCUT2D eigenvalue weighted by Crippen LogP contribution is 2.40. The molecule has 0 aliphatic carbocycles. The van der Waals surface area contributed by atoms with E-state index in [2.05, 4.69) is 83.8 Å². The molecule has 0 atom stereocenters. The van der Waals surface area contributed by atoms with Crippen LogP contribution in [0, 0.1) is 11.3 Å². The summed E-state index contributed by atoms with van der Waals surface area (Å²) in [5.74, 6) is 0. The summed E-state index contributed by atoms with van der Waals surface area (Å²) >= 11 is 0. The molecule has 0 radical (unpaired) electrons. The van der Waals surface area contributed by atoms with Crippen LogP contribution in [0.2, 0.25) is 0 Å². The molecular formula is C25H15BN2. The highest BCUT2D eigenvalue weighted by Gasteiger charge is 2.43. The molecule has 0 saturated heterocycles. The molecular weight excluding hydrogens is 339 g/mol. The molecule has 4 aromatic carbocycles. The van der Waals surface area contributed by atoms with E-state index in [1.807, 2.05) is 18.2 Å². The Morgan fingerprint density at radius 3 is 2.14 bits per heavy atom. The van der Waals surface area contributed by atoms with Crippen LogP contribution in [0.15, 0.2) is 91.0 Å². The van der Waals surface area contributed by atoms with Gasteiger partial charge in [0.05, 0.1) is 6.07 Å². The number of anilines is 3. The smallest absolute Gasteiger partial charge is 0.250 e. The maximum absolute atomic E-state index is 9.91. The van der Waals surface area contributed by atoms with E-state index in [0.29, 0.717) is 0 Å². The Morgan fingerprint density at radius 1 is 0.643 bits per heavy atom. The summed E-state index contributed by atoms with van der Waals surface area (Å²) in [5.41, 5.74) is 10.4. The number of hydrogen-bond acceptors (Lipinski definition) is 2. The maximum atomic E-state index is 9.91. The van der Waals surface area contributed by atoms with Crippen LogP contribution in [0.1, 0.15) is 5.56 Å². The molecule has 0 amide bonds. The van der Waals surface area contributed by atoms with Gasteiger partial charge in [0, 0.05) is 22.6 Å². The highest BCUT2D eigenvalue weighted by molar-refractivity contribution is 7.01. The van der Waals surface area contributed by atoms with E-state index >= 15 is 0 Å². The van der Waals surface area contributed by atoms with Gasteiger partial charge >= 0.3 is 0 Å². The molecule has 3 heteroatoms. The zero-order valence-corrected chi connectivity index (χ0v) is 15.1. The van der Waals surface area contributed by atoms with Crippen molar-refractivity contribution >= 4 is 40.2 Å². The lowest BCUT2D eigenvalue weighted by atomic mass is 9.36. The molecule has 0 unspecified atom stereocenters. The fourth-order valence-electron chi connectivity index (χ4n) is 4.87. The van der Waals surface area contributed by atoms with Crippen molar-refractivity contribution in [3.05, 3.63) is 96.6 Å². The molecule has 0 N–H and O–H groups in total. The Labute approximate surface area is 164 Å². The quantitative estimate of drug-likeness (QED) is 0.420. The second kappa shape index (κ2) is 5.61. The molecule has 0 bridgehead atoms. The fraction of sp³-hybridized carbons (Fsp3) is 0. The largest absolute Gasteiger partial charge is 0.311 e. The van der Waals surface area contributed by atoms with Gasteiger partial charge in [0.15, 0.2) is 0 Å². The van der Waals surface area contributed by atoms with Crippen LogP contribution in [-0.2, 0) is 0 Å². The molecule has 2 aliphatic rings. The SMILES string of the molecule is N#Cc1cccc2c1B1c3ccccc3-c3cccc(c31)N2c1ccccc1. The summed E-state index contributed by atoms with van der Waals surface area (Å²) in [7, 11) is 0. The number of rotatable bonds is 1. The highest BCUT2D eigenvalue weighted by atomic mass is 15.1. The molecule has 2 aliphatic heterocycles. The van der Waals surface area contributed by atoms with Crippen molar-refractivity contribution in [3.8, 4) is 17.2 Å². The number of fused-ring (bicyclic) bond motifs is 5. The van der Waals surface area contributed by atoms with Gasteiger partial charge in [0.2, 0.25) is 6.71 Å². The van der Waals surface area contributed by atoms with E-state index in [1.54, 1.807) is 0 Å². The zero-order valence-electron chi connectivity index (χ0n) is 15.1. The lowest BCUT2D eigenvalue weighted by Gasteiger charge is -2.36. The van der Waals surface area contributed by atoms with E-state index in [9.17, 15) is 5.26 Å². The minimum atomic E-state index is 0.105. The first kappa shape index (κ1) is 15.3. The summed E-state index contributed by atoms with van der Waals surface area (Å²) in [5, 5.41) is 9.91. The predicted molar refractivity (Wildman–Crippen MR) is 116 cm³/mol. The summed E-state index contributed by atoms with van der Waals surface area (Å²) in [4.78, 5) is 2.30. The Balaban J connectivity index is 1.77. The maximum Gasteiger partial charge on any atom is 0.250 e. The number of nitrogens with zero attached hydrogens (tertiary/aromatic N) is 2. The molecule has 2 nitrogen and oxygen atoms in total. The van der Waals surface area contributed by atoms with Crippen molar-refractivity contribution in [1.29, 1.82) is 5.26 Å². The first-order chi connectivity index (χ1) is 13.9. The summed E-state index contributed by atoms with van der Waals surface area (Å²) in [6, 6.07) is 34.1. The van der Waals surface area contributed by atoms with E-state index in [1.165, 1.54) is 27.7 Å². The Morgan fingerprint density at radius 2 is 1.32 bits per heavy atom. The van der Waals surface area contributed by atoms with Gasteiger partial charge in [-0.3, -0.25) is 0 Å². The predicted octanol–water partition coefficient (Wildman–Crippen LogP) is 3.84. The molecule has 0 aromatic heterocycles. The normalized spacial score (nSPS) is 12.8. The molecule has 0 saturated carbocycles. The van der Waals surface area contributed by atoms with Crippen LogP contribution >= 0.6 is 0 Å². The van der Waals surface area contributed by atoms with Gasteiger partial charge < -0.3 is 4.90 Å². The summed E-state index contributed by atoms with van der Waals surface area (Å²) in [6.07, 6.45) is 0. The molecule has 0 spiro atoms. The number of hydrogen-bond donors (Lipinski definition) is 0. The first-order valence-electron chi connectivity index (χ1n) is 9.49. The number of benzene rings is 4. The van der Waals surface area contributed by atoms with E-state index in [-0.39, 0.29) is 6.71 Å². The number of nitriles is 1. The Bertz CT molecular complexity index is 1290. The molecule has 0 fully saturated rings. The zero-order chi connectivity index (χ0) is 18.7. The monoisotopic (exact) mass is 354 g/mol. The van der Waals surface area contributed by atoms with Gasteiger partial charge in [-0.2, -0.15) is 5.26 Å². The van der Waals surface area contributed by atoms with Gasteiger partial charge in [0.25, 0.3) is 0 Å². The fourth-order valence-corrected chi connectivity index (χ4v) is 4.87. The van der Waals surface area contributed by atoms with Crippen LogP contribution < -0.4 is 21.3 Å². The van der Waals surface area contributed by atoms with Crippen molar-refractivity contribution in [1.82, 2.24) is 0 Å². The van der Waals surface area contributed by atoms with E-state index in [0.717, 1.165) is 22.4 Å². The third-order valence-electron chi connectivity index (χ3n) is 5.92. The second-order valence-electron chi connectivity index (χ2n) is 7.28. The minimum absolute atomic E-state index is 0.105. The second-order valence-corrected chi connectivity index (χ2v) is 7.28. The molecule has 6 rings (SSSR count). The molecule has 2 heterocycles. The van der Waals surface area contributed by atoms with Crippen molar-refractivity contribution in [2.45, 2.75) is 0 Å². The lowest BCUT2D eigenvalue weighted by molar-refractivity contribution is 1.29. The standard InChI is InChI=1S/C25H15BN2/c27-16-17-8-6-14-22-24(17)26-21-13-5-4-11-19(21)20-12-7-15-23(25(20)26)28(22)18-9-2-1-3-10-18/h1-15H. The summed E-state index contributed by atoms with van der Waals surface area (Å²) < 4.78 is 0. The Hall–Kier alpha value is -3.77. The van der Waals surface area contributed by atoms with Gasteiger partial charge in [-0.15, -0.1) is 0 Å². The molecule has 4 aromatic rings. The third-order valence-corrected chi connectivity index (χ3v) is 5.92. The van der Waals surface area contributed by atoms with Crippen LogP contribution in [0.25, 0.3) is 11.1 Å². The van der Waals surface area contributed by atoms with Gasteiger partial charge in [-0.1, -0.05) is 66.1 Å². The average molecular weight is 354 g/mol. The van der Waals surface area contributed by atoms with Crippen molar-refractivity contribution in [3.63, 3.8) is 0 Å². The Kier molecular flexibility index (Phi) is 3.07. The van der Waals surface area contributed by atoms with E-state index < -0.39 is 0 Å². The van der Waals surface area contributed by atoms with Crippen LogP contribution in [-0.4, -0.2) is 6.71 Å². The van der Waals surface area contributed by atoms with Gasteiger partial charge in [-0.05, 0) is 52.4 Å². The first-order valence-corrected chi connectivity index (χ1v) is 9.49. The van der Waals surface area contributed by atoms with Crippen LogP contribution in [0.3, 0.4) is 0 Å². The number of para-hydroxylation sites is 1. The summed E-state index contributed by atoms with van der Waals surface area (Å²) in [6.45, 7) is 0.105. The molecule has 128 valence electrons. The third kappa shape index (κ3) is 1.87. The molecule has 28 heavy (non-hydrogen) atoms. The van der Waals surface area contributed by atoms with Crippen molar-refractivity contribution < 1.29 is 0 Å².